The van der Waals surface area contributed by atoms with E-state index in [1.54, 1.807) is 18.1 Å². The van der Waals surface area contributed by atoms with E-state index in [1.807, 2.05) is 41.7 Å². The first-order chi connectivity index (χ1) is 12.4. The first kappa shape index (κ1) is 15.0. The van der Waals surface area contributed by atoms with Crippen molar-refractivity contribution in [2.24, 2.45) is 0 Å². The Morgan fingerprint density at radius 2 is 2.00 bits per heavy atom. The molecule has 1 aliphatic carbocycles. The molecule has 0 saturated heterocycles. The summed E-state index contributed by atoms with van der Waals surface area (Å²) in [5.41, 5.74) is 2.38. The molecule has 1 aliphatic rings. The molecule has 7 heteroatoms. The van der Waals surface area contributed by atoms with Gasteiger partial charge in [0.05, 0.1) is 5.75 Å². The van der Waals surface area contributed by atoms with E-state index in [9.17, 15) is 0 Å². The fraction of sp³-hybridized carbons (Fsp3) is 0.222. The van der Waals surface area contributed by atoms with E-state index in [0.29, 0.717) is 17.5 Å². The fourth-order valence-corrected chi connectivity index (χ4v) is 5.30. The van der Waals surface area contributed by atoms with Crippen LogP contribution in [0.2, 0.25) is 0 Å². The van der Waals surface area contributed by atoms with Gasteiger partial charge in [-0.15, -0.1) is 21.5 Å². The van der Waals surface area contributed by atoms with Crippen LogP contribution < -0.4 is 0 Å². The molecule has 0 amide bonds. The Kier molecular flexibility index (Phi) is 3.75. The summed E-state index contributed by atoms with van der Waals surface area (Å²) in [7, 11) is 0. The molecule has 0 saturated carbocycles. The van der Waals surface area contributed by atoms with E-state index >= 15 is 0 Å². The number of benzene rings is 1. The summed E-state index contributed by atoms with van der Waals surface area (Å²) in [4.78, 5) is 11.5. The van der Waals surface area contributed by atoms with E-state index < -0.39 is 0 Å². The van der Waals surface area contributed by atoms with Gasteiger partial charge in [-0.25, -0.2) is 9.97 Å². The lowest BCUT2D eigenvalue weighted by Gasteiger charge is -2.01. The minimum atomic E-state index is 0.556. The zero-order valence-electron chi connectivity index (χ0n) is 13.3. The normalized spacial score (nSPS) is 13.4. The zero-order chi connectivity index (χ0) is 16.6. The van der Waals surface area contributed by atoms with E-state index in [0.717, 1.165) is 21.8 Å². The van der Waals surface area contributed by atoms with Crippen LogP contribution in [0.3, 0.4) is 0 Å². The van der Waals surface area contributed by atoms with Gasteiger partial charge in [0.15, 0.2) is 0 Å². The minimum Gasteiger partial charge on any atom is -0.420 e. The van der Waals surface area contributed by atoms with Crippen LogP contribution in [0.1, 0.15) is 22.8 Å². The van der Waals surface area contributed by atoms with Gasteiger partial charge in [0.1, 0.15) is 16.2 Å². The predicted octanol–water partition coefficient (Wildman–Crippen LogP) is 4.52. The summed E-state index contributed by atoms with van der Waals surface area (Å²) in [6.07, 6.45) is 5.19. The van der Waals surface area contributed by atoms with Gasteiger partial charge < -0.3 is 4.42 Å². The number of nitrogens with zero attached hydrogens (tertiary/aromatic N) is 4. The van der Waals surface area contributed by atoms with Gasteiger partial charge in [-0.1, -0.05) is 30.0 Å². The minimum absolute atomic E-state index is 0.556. The number of aryl methyl sites for hydroxylation is 2. The van der Waals surface area contributed by atoms with Crippen LogP contribution >= 0.6 is 23.1 Å². The zero-order valence-corrected chi connectivity index (χ0v) is 14.9. The number of hydrogen-bond acceptors (Lipinski definition) is 7. The molecule has 1 aromatic carbocycles. The Morgan fingerprint density at radius 3 is 2.92 bits per heavy atom. The highest BCUT2D eigenvalue weighted by Crippen LogP contribution is 2.40. The van der Waals surface area contributed by atoms with E-state index in [1.165, 1.54) is 28.7 Å². The van der Waals surface area contributed by atoms with Crippen molar-refractivity contribution >= 4 is 33.3 Å². The Hall–Kier alpha value is -2.25. The maximum atomic E-state index is 5.79. The lowest BCUT2D eigenvalue weighted by Crippen LogP contribution is -1.88. The SMILES string of the molecule is c1ccc(-c2nnc(CSc3ncnc4sc5c(c34)CCC5)o2)cc1. The summed E-state index contributed by atoms with van der Waals surface area (Å²) in [5.74, 6) is 1.78. The molecule has 0 spiro atoms. The monoisotopic (exact) mass is 366 g/mol. The van der Waals surface area contributed by atoms with Gasteiger partial charge in [0.2, 0.25) is 11.8 Å². The molecule has 0 aliphatic heterocycles. The summed E-state index contributed by atoms with van der Waals surface area (Å²) >= 11 is 3.45. The molecule has 0 fully saturated rings. The average Bonchev–Trinajstić information content (AvgIpc) is 3.36. The van der Waals surface area contributed by atoms with Crippen molar-refractivity contribution in [2.75, 3.05) is 0 Å². The summed E-state index contributed by atoms with van der Waals surface area (Å²) < 4.78 is 5.79. The molecule has 4 aromatic rings. The number of hydrogen-bond donors (Lipinski definition) is 0. The van der Waals surface area contributed by atoms with Crippen molar-refractivity contribution < 1.29 is 4.42 Å². The Morgan fingerprint density at radius 1 is 1.08 bits per heavy atom. The molecule has 0 radical (unpaired) electrons. The second kappa shape index (κ2) is 6.24. The van der Waals surface area contributed by atoms with Crippen LogP contribution in [-0.4, -0.2) is 20.2 Å². The molecule has 124 valence electrons. The fourth-order valence-electron chi connectivity index (χ4n) is 3.15. The first-order valence-corrected chi connectivity index (χ1v) is 9.94. The first-order valence-electron chi connectivity index (χ1n) is 8.14. The van der Waals surface area contributed by atoms with Crippen molar-refractivity contribution in [2.45, 2.75) is 30.0 Å². The van der Waals surface area contributed by atoms with E-state index in [-0.39, 0.29) is 0 Å². The largest absolute Gasteiger partial charge is 0.420 e. The molecule has 3 aromatic heterocycles. The van der Waals surface area contributed by atoms with E-state index in [4.69, 9.17) is 4.42 Å². The maximum absolute atomic E-state index is 5.79. The topological polar surface area (TPSA) is 64.7 Å². The third-order valence-electron chi connectivity index (χ3n) is 4.29. The summed E-state index contributed by atoms with van der Waals surface area (Å²) in [5, 5.41) is 10.6. The molecule has 5 rings (SSSR count). The van der Waals surface area contributed by atoms with Gasteiger partial charge in [-0.05, 0) is 37.0 Å². The van der Waals surface area contributed by atoms with Crippen LogP contribution in [0.25, 0.3) is 21.7 Å². The highest BCUT2D eigenvalue weighted by molar-refractivity contribution is 7.98. The van der Waals surface area contributed by atoms with Crippen LogP contribution in [0.4, 0.5) is 0 Å². The number of thiophene rings is 1. The number of aromatic nitrogens is 4. The van der Waals surface area contributed by atoms with Gasteiger partial charge in [-0.3, -0.25) is 0 Å². The van der Waals surface area contributed by atoms with Crippen molar-refractivity contribution in [3.63, 3.8) is 0 Å². The smallest absolute Gasteiger partial charge is 0.247 e. The average molecular weight is 366 g/mol. The van der Waals surface area contributed by atoms with Crippen LogP contribution in [-0.2, 0) is 18.6 Å². The van der Waals surface area contributed by atoms with Gasteiger partial charge in [0, 0.05) is 15.8 Å². The quantitative estimate of drug-likeness (QED) is 0.391. The molecule has 0 N–H and O–H groups in total. The summed E-state index contributed by atoms with van der Waals surface area (Å²) in [6, 6.07) is 9.82. The van der Waals surface area contributed by atoms with Crippen LogP contribution in [0.5, 0.6) is 0 Å². The molecular formula is C18H14N4OS2. The number of fused-ring (bicyclic) bond motifs is 3. The standard InChI is InChI=1S/C18H14N4OS2/c1-2-5-11(6-3-1)16-22-21-14(23-16)9-24-17-15-12-7-4-8-13(12)25-18(15)20-10-19-17/h1-3,5-6,10H,4,7-9H2. The third kappa shape index (κ3) is 2.73. The molecular weight excluding hydrogens is 352 g/mol. The Balaban J connectivity index is 1.40. The van der Waals surface area contributed by atoms with Crippen LogP contribution in [0.15, 0.2) is 46.1 Å². The molecule has 5 nitrogen and oxygen atoms in total. The van der Waals surface area contributed by atoms with Crippen molar-refractivity contribution in [1.29, 1.82) is 0 Å². The van der Waals surface area contributed by atoms with Crippen molar-refractivity contribution in [3.05, 3.63) is 53.0 Å². The predicted molar refractivity (Wildman–Crippen MR) is 98.7 cm³/mol. The molecule has 25 heavy (non-hydrogen) atoms. The maximum Gasteiger partial charge on any atom is 0.247 e. The lowest BCUT2D eigenvalue weighted by atomic mass is 10.2. The van der Waals surface area contributed by atoms with Gasteiger partial charge in [0.25, 0.3) is 0 Å². The highest BCUT2D eigenvalue weighted by atomic mass is 32.2. The highest BCUT2D eigenvalue weighted by Gasteiger charge is 2.21. The molecule has 0 atom stereocenters. The lowest BCUT2D eigenvalue weighted by molar-refractivity contribution is 0.528. The molecule has 0 unspecified atom stereocenters. The van der Waals surface area contributed by atoms with Gasteiger partial charge >= 0.3 is 0 Å². The Bertz CT molecular complexity index is 1040. The van der Waals surface area contributed by atoms with Crippen molar-refractivity contribution in [3.8, 4) is 11.5 Å². The number of thioether (sulfide) groups is 1. The molecule has 0 bridgehead atoms. The van der Waals surface area contributed by atoms with E-state index in [2.05, 4.69) is 20.2 Å². The third-order valence-corrected chi connectivity index (χ3v) is 6.46. The van der Waals surface area contributed by atoms with Gasteiger partial charge in [-0.2, -0.15) is 0 Å². The molecule has 3 heterocycles. The Labute approximate surface area is 152 Å². The second-order valence-corrected chi connectivity index (χ2v) is 7.92. The summed E-state index contributed by atoms with van der Waals surface area (Å²) in [6.45, 7) is 0. The van der Waals surface area contributed by atoms with Crippen molar-refractivity contribution in [1.82, 2.24) is 20.2 Å². The number of rotatable bonds is 4. The van der Waals surface area contributed by atoms with Crippen LogP contribution in [0, 0.1) is 0 Å². The second-order valence-electron chi connectivity index (χ2n) is 5.87.